The monoisotopic (exact) mass is 297 g/mol. The van der Waals surface area contributed by atoms with Crippen molar-refractivity contribution < 1.29 is 23.8 Å². The average molecular weight is 297 g/mol. The molecule has 2 N–H and O–H groups in total. The highest BCUT2D eigenvalue weighted by atomic mass is 19.1. The summed E-state index contributed by atoms with van der Waals surface area (Å²) in [6.07, 6.45) is 0.212. The van der Waals surface area contributed by atoms with Crippen molar-refractivity contribution >= 4 is 11.9 Å². The van der Waals surface area contributed by atoms with E-state index in [1.807, 2.05) is 0 Å². The zero-order chi connectivity index (χ0) is 15.8. The van der Waals surface area contributed by atoms with Gasteiger partial charge in [0.1, 0.15) is 11.9 Å². The number of carbonyl (C=O) groups excluding carboxylic acids is 1. The van der Waals surface area contributed by atoms with Crippen molar-refractivity contribution in [2.45, 2.75) is 31.7 Å². The van der Waals surface area contributed by atoms with Crippen molar-refractivity contribution in [3.8, 4) is 0 Å². The van der Waals surface area contributed by atoms with E-state index < -0.39 is 17.9 Å². The van der Waals surface area contributed by atoms with Crippen molar-refractivity contribution in [3.05, 3.63) is 35.6 Å². The molecule has 116 valence electrons. The molecule has 0 spiro atoms. The van der Waals surface area contributed by atoms with Gasteiger partial charge in [-0.2, -0.15) is 0 Å². The van der Waals surface area contributed by atoms with Gasteiger partial charge < -0.3 is 15.2 Å². The van der Waals surface area contributed by atoms with Gasteiger partial charge in [0.25, 0.3) is 0 Å². The normalized spacial score (nSPS) is 13.5. The fourth-order valence-corrected chi connectivity index (χ4v) is 2.01. The molecule has 2 atom stereocenters. The number of hydrogen-bond donors (Lipinski definition) is 2. The number of aliphatic carboxylic acids is 1. The standard InChI is InChI=1S/C15H20FNO4/c1-10(11-5-3-4-6-12(11)16)9-14(18)17-13(15(19)20)7-8-21-2/h3-6,10,13H,7-9H2,1-2H3,(H,17,18)(H,19,20). The van der Waals surface area contributed by atoms with Crippen LogP contribution in [0.1, 0.15) is 31.2 Å². The van der Waals surface area contributed by atoms with E-state index in [1.54, 1.807) is 25.1 Å². The summed E-state index contributed by atoms with van der Waals surface area (Å²) in [6, 6.07) is 5.24. The van der Waals surface area contributed by atoms with E-state index in [9.17, 15) is 14.0 Å². The Morgan fingerprint density at radius 1 is 1.38 bits per heavy atom. The largest absolute Gasteiger partial charge is 0.480 e. The fourth-order valence-electron chi connectivity index (χ4n) is 2.01. The Morgan fingerprint density at radius 3 is 2.62 bits per heavy atom. The predicted octanol–water partition coefficient (Wildman–Crippen LogP) is 1.93. The molecular weight excluding hydrogens is 277 g/mol. The smallest absolute Gasteiger partial charge is 0.326 e. The first kappa shape index (κ1) is 17.1. The van der Waals surface area contributed by atoms with Crippen LogP contribution in [-0.4, -0.2) is 36.7 Å². The molecule has 1 amide bonds. The van der Waals surface area contributed by atoms with Gasteiger partial charge in [0.2, 0.25) is 5.91 Å². The predicted molar refractivity (Wildman–Crippen MR) is 75.5 cm³/mol. The van der Waals surface area contributed by atoms with Crippen LogP contribution in [0.4, 0.5) is 4.39 Å². The molecule has 0 fully saturated rings. The number of carbonyl (C=O) groups is 2. The number of rotatable bonds is 8. The van der Waals surface area contributed by atoms with Crippen LogP contribution in [0.2, 0.25) is 0 Å². The van der Waals surface area contributed by atoms with E-state index in [4.69, 9.17) is 9.84 Å². The van der Waals surface area contributed by atoms with Crippen LogP contribution in [0.25, 0.3) is 0 Å². The molecule has 1 aromatic rings. The summed E-state index contributed by atoms with van der Waals surface area (Å²) in [7, 11) is 1.46. The van der Waals surface area contributed by atoms with E-state index in [0.717, 1.165) is 0 Å². The minimum atomic E-state index is -1.11. The third kappa shape index (κ3) is 5.51. The maximum Gasteiger partial charge on any atom is 0.326 e. The van der Waals surface area contributed by atoms with Crippen molar-refractivity contribution in [1.29, 1.82) is 0 Å². The molecule has 0 aliphatic heterocycles. The first-order valence-corrected chi connectivity index (χ1v) is 6.71. The lowest BCUT2D eigenvalue weighted by Gasteiger charge is -2.17. The topological polar surface area (TPSA) is 75.6 Å². The van der Waals surface area contributed by atoms with E-state index >= 15 is 0 Å². The third-order valence-electron chi connectivity index (χ3n) is 3.17. The van der Waals surface area contributed by atoms with E-state index in [-0.39, 0.29) is 31.2 Å². The Hall–Kier alpha value is -1.95. The van der Waals surface area contributed by atoms with Crippen LogP contribution in [0.5, 0.6) is 0 Å². The van der Waals surface area contributed by atoms with Gasteiger partial charge in [-0.3, -0.25) is 4.79 Å². The zero-order valence-corrected chi connectivity index (χ0v) is 12.1. The van der Waals surface area contributed by atoms with Gasteiger partial charge >= 0.3 is 5.97 Å². The van der Waals surface area contributed by atoms with Crippen LogP contribution in [0.3, 0.4) is 0 Å². The highest BCUT2D eigenvalue weighted by Gasteiger charge is 2.21. The Kier molecular flexibility index (Phi) is 6.81. The first-order chi connectivity index (χ1) is 9.95. The number of halogens is 1. The summed E-state index contributed by atoms with van der Waals surface area (Å²) in [5.41, 5.74) is 0.441. The number of ether oxygens (including phenoxy) is 1. The molecule has 0 saturated heterocycles. The van der Waals surface area contributed by atoms with Gasteiger partial charge in [0.15, 0.2) is 0 Å². The molecule has 0 heterocycles. The molecule has 1 aromatic carbocycles. The average Bonchev–Trinajstić information content (AvgIpc) is 2.43. The summed E-state index contributed by atoms with van der Waals surface area (Å²) in [5.74, 6) is -2.23. The maximum absolute atomic E-state index is 13.6. The molecule has 1 rings (SSSR count). The van der Waals surface area contributed by atoms with Gasteiger partial charge in [0, 0.05) is 26.6 Å². The van der Waals surface area contributed by atoms with Crippen molar-refractivity contribution in [2.75, 3.05) is 13.7 Å². The molecule has 21 heavy (non-hydrogen) atoms. The molecule has 0 aromatic heterocycles. The minimum absolute atomic E-state index is 0.0255. The van der Waals surface area contributed by atoms with Gasteiger partial charge in [-0.15, -0.1) is 0 Å². The molecule has 0 radical (unpaired) electrons. The number of benzene rings is 1. The fraction of sp³-hybridized carbons (Fsp3) is 0.467. The number of nitrogens with one attached hydrogen (secondary N) is 1. The second kappa shape index (κ2) is 8.36. The summed E-state index contributed by atoms with van der Waals surface area (Å²) in [5, 5.41) is 11.4. The summed E-state index contributed by atoms with van der Waals surface area (Å²) < 4.78 is 18.4. The highest BCUT2D eigenvalue weighted by Crippen LogP contribution is 2.21. The van der Waals surface area contributed by atoms with Gasteiger partial charge in [-0.25, -0.2) is 9.18 Å². The second-order valence-corrected chi connectivity index (χ2v) is 4.87. The molecular formula is C15H20FNO4. The molecule has 6 heteroatoms. The van der Waals surface area contributed by atoms with Crippen LogP contribution >= 0.6 is 0 Å². The van der Waals surface area contributed by atoms with E-state index in [2.05, 4.69) is 5.32 Å². The Labute approximate surface area is 123 Å². The lowest BCUT2D eigenvalue weighted by atomic mass is 9.97. The Morgan fingerprint density at radius 2 is 2.05 bits per heavy atom. The number of amides is 1. The molecule has 0 aliphatic carbocycles. The molecule has 0 bridgehead atoms. The third-order valence-corrected chi connectivity index (χ3v) is 3.17. The van der Waals surface area contributed by atoms with Gasteiger partial charge in [-0.1, -0.05) is 25.1 Å². The molecule has 5 nitrogen and oxygen atoms in total. The summed E-state index contributed by atoms with van der Waals surface area (Å²) in [6.45, 7) is 1.96. The Balaban J connectivity index is 2.59. The second-order valence-electron chi connectivity index (χ2n) is 4.87. The number of carboxylic acid groups (broad SMARTS) is 1. The van der Waals surface area contributed by atoms with Crippen molar-refractivity contribution in [1.82, 2.24) is 5.32 Å². The van der Waals surface area contributed by atoms with Crippen molar-refractivity contribution in [2.24, 2.45) is 0 Å². The number of hydrogen-bond acceptors (Lipinski definition) is 3. The van der Waals surface area contributed by atoms with Crippen LogP contribution in [-0.2, 0) is 14.3 Å². The number of methoxy groups -OCH3 is 1. The first-order valence-electron chi connectivity index (χ1n) is 6.71. The van der Waals surface area contributed by atoms with Crippen molar-refractivity contribution in [3.63, 3.8) is 0 Å². The summed E-state index contributed by atoms with van der Waals surface area (Å²) in [4.78, 5) is 22.9. The Bertz CT molecular complexity index is 492. The molecule has 0 saturated carbocycles. The highest BCUT2D eigenvalue weighted by molar-refractivity contribution is 5.83. The SMILES string of the molecule is COCCC(NC(=O)CC(C)c1ccccc1F)C(=O)O. The maximum atomic E-state index is 13.6. The molecule has 2 unspecified atom stereocenters. The quantitative estimate of drug-likeness (QED) is 0.768. The van der Waals surface area contributed by atoms with Crippen LogP contribution in [0, 0.1) is 5.82 Å². The van der Waals surface area contributed by atoms with Gasteiger partial charge in [-0.05, 0) is 17.5 Å². The lowest BCUT2D eigenvalue weighted by molar-refractivity contribution is -0.142. The van der Waals surface area contributed by atoms with Crippen LogP contribution < -0.4 is 5.32 Å². The van der Waals surface area contributed by atoms with Gasteiger partial charge in [0.05, 0.1) is 0 Å². The molecule has 0 aliphatic rings. The van der Waals surface area contributed by atoms with E-state index in [0.29, 0.717) is 5.56 Å². The minimum Gasteiger partial charge on any atom is -0.480 e. The van der Waals surface area contributed by atoms with E-state index in [1.165, 1.54) is 13.2 Å². The summed E-state index contributed by atoms with van der Waals surface area (Å²) >= 11 is 0. The lowest BCUT2D eigenvalue weighted by Crippen LogP contribution is -2.41. The van der Waals surface area contributed by atoms with Crippen LogP contribution in [0.15, 0.2) is 24.3 Å². The zero-order valence-electron chi connectivity index (χ0n) is 12.1. The number of carboxylic acids is 1.